The number of likely N-dealkylation sites (tertiary alicyclic amines) is 1. The van der Waals surface area contributed by atoms with E-state index in [1.807, 2.05) is 0 Å². The van der Waals surface area contributed by atoms with Crippen molar-refractivity contribution in [2.75, 3.05) is 13.1 Å². The minimum absolute atomic E-state index is 0.215. The summed E-state index contributed by atoms with van der Waals surface area (Å²) in [5.74, 6) is -0.371. The van der Waals surface area contributed by atoms with Crippen LogP contribution in [0.2, 0.25) is 0 Å². The average molecular weight is 366 g/mol. The monoisotopic (exact) mass is 366 g/mol. The highest BCUT2D eigenvalue weighted by Gasteiger charge is 2.49. The van der Waals surface area contributed by atoms with E-state index in [4.69, 9.17) is 9.47 Å². The number of benzene rings is 1. The smallest absolute Gasteiger partial charge is 0.410 e. The molecule has 6 nitrogen and oxygen atoms in total. The number of hydrogen-bond acceptors (Lipinski definition) is 4. The molecule has 26 heavy (non-hydrogen) atoms. The van der Waals surface area contributed by atoms with Crippen molar-refractivity contribution in [1.29, 1.82) is 0 Å². The topological polar surface area (TPSA) is 67.9 Å². The predicted molar refractivity (Wildman–Crippen MR) is 95.3 cm³/mol. The van der Waals surface area contributed by atoms with Crippen LogP contribution in [0.25, 0.3) is 0 Å². The summed E-state index contributed by atoms with van der Waals surface area (Å²) < 4.78 is 24.0. The number of carbonyl (C=O) groups is 2. The van der Waals surface area contributed by atoms with Gasteiger partial charge in [0.2, 0.25) is 0 Å². The van der Waals surface area contributed by atoms with Gasteiger partial charge in [0.15, 0.2) is 0 Å². The van der Waals surface area contributed by atoms with Crippen molar-refractivity contribution in [3.05, 3.63) is 35.6 Å². The number of ether oxygens (including phenoxy) is 2. The fraction of sp³-hybridized carbons (Fsp3) is 0.579. The minimum atomic E-state index is -0.840. The Hall–Kier alpha value is -2.31. The third kappa shape index (κ3) is 5.09. The maximum absolute atomic E-state index is 13.3. The zero-order chi connectivity index (χ0) is 19.8. The summed E-state index contributed by atoms with van der Waals surface area (Å²) in [5, 5.41) is 2.84. The van der Waals surface area contributed by atoms with Gasteiger partial charge in [0, 0.05) is 0 Å². The number of nitrogens with zero attached hydrogens (tertiary/aromatic N) is 1. The molecule has 1 N–H and O–H groups in total. The molecule has 144 valence electrons. The summed E-state index contributed by atoms with van der Waals surface area (Å²) in [6, 6.07) is 5.84. The molecule has 1 saturated heterocycles. The summed E-state index contributed by atoms with van der Waals surface area (Å²) in [6.45, 7) is 11.1. The van der Waals surface area contributed by atoms with Crippen LogP contribution in [0, 0.1) is 5.82 Å². The lowest BCUT2D eigenvalue weighted by molar-refractivity contribution is -0.0230. The molecule has 0 atom stereocenters. The number of alkyl carbamates (subject to hydrolysis) is 1. The molecule has 2 rings (SSSR count). The van der Waals surface area contributed by atoms with E-state index in [1.165, 1.54) is 17.0 Å². The van der Waals surface area contributed by atoms with Gasteiger partial charge in [0.05, 0.1) is 13.1 Å². The molecular weight excluding hydrogens is 339 g/mol. The fourth-order valence-electron chi connectivity index (χ4n) is 2.66. The molecule has 1 heterocycles. The quantitative estimate of drug-likeness (QED) is 0.865. The van der Waals surface area contributed by atoms with Gasteiger partial charge in [-0.2, -0.15) is 0 Å². The summed E-state index contributed by atoms with van der Waals surface area (Å²) in [6.07, 6.45) is -1.05. The van der Waals surface area contributed by atoms with Crippen molar-refractivity contribution in [2.45, 2.75) is 58.3 Å². The Kier molecular flexibility index (Phi) is 5.21. The second-order valence-electron chi connectivity index (χ2n) is 8.55. The Morgan fingerprint density at radius 3 is 1.96 bits per heavy atom. The van der Waals surface area contributed by atoms with Gasteiger partial charge in [-0.15, -0.1) is 0 Å². The van der Waals surface area contributed by atoms with Gasteiger partial charge in [-0.25, -0.2) is 14.0 Å². The highest BCUT2D eigenvalue weighted by atomic mass is 19.1. The van der Waals surface area contributed by atoms with Crippen LogP contribution in [0.1, 0.15) is 47.1 Å². The molecule has 1 aliphatic rings. The van der Waals surface area contributed by atoms with E-state index in [9.17, 15) is 14.0 Å². The van der Waals surface area contributed by atoms with Crippen LogP contribution in [-0.4, -0.2) is 41.4 Å². The average Bonchev–Trinajstić information content (AvgIpc) is 2.39. The molecule has 7 heteroatoms. The van der Waals surface area contributed by atoms with Crippen LogP contribution < -0.4 is 5.32 Å². The Morgan fingerprint density at radius 2 is 1.50 bits per heavy atom. The van der Waals surface area contributed by atoms with Gasteiger partial charge in [-0.1, -0.05) is 12.1 Å². The van der Waals surface area contributed by atoms with E-state index in [-0.39, 0.29) is 18.9 Å². The van der Waals surface area contributed by atoms with Crippen molar-refractivity contribution >= 4 is 12.2 Å². The minimum Gasteiger partial charge on any atom is -0.444 e. The first kappa shape index (κ1) is 20.0. The normalized spacial score (nSPS) is 16.5. The first-order valence-corrected chi connectivity index (χ1v) is 8.55. The Labute approximate surface area is 153 Å². The molecule has 0 aromatic heterocycles. The molecule has 1 fully saturated rings. The lowest BCUT2D eigenvalue weighted by atomic mass is 9.82. The number of nitrogens with one attached hydrogen (secondary N) is 1. The van der Waals surface area contributed by atoms with Crippen LogP contribution in [-0.2, 0) is 15.0 Å². The lowest BCUT2D eigenvalue weighted by Crippen LogP contribution is -2.69. The molecule has 1 aromatic rings. The molecule has 0 bridgehead atoms. The van der Waals surface area contributed by atoms with E-state index in [0.717, 1.165) is 0 Å². The third-order valence-electron chi connectivity index (χ3n) is 3.71. The number of amides is 2. The highest BCUT2D eigenvalue weighted by molar-refractivity contribution is 5.73. The first-order valence-electron chi connectivity index (χ1n) is 8.55. The van der Waals surface area contributed by atoms with Gasteiger partial charge < -0.3 is 19.7 Å². The van der Waals surface area contributed by atoms with E-state index in [1.54, 1.807) is 53.7 Å². The molecule has 0 radical (unpaired) electrons. The van der Waals surface area contributed by atoms with Crippen LogP contribution in [0.3, 0.4) is 0 Å². The summed E-state index contributed by atoms with van der Waals surface area (Å²) in [5.41, 5.74) is -1.40. The van der Waals surface area contributed by atoms with Crippen molar-refractivity contribution in [3.8, 4) is 0 Å². The lowest BCUT2D eigenvalue weighted by Gasteiger charge is -2.50. The van der Waals surface area contributed by atoms with E-state index in [2.05, 4.69) is 5.32 Å². The largest absolute Gasteiger partial charge is 0.444 e. The van der Waals surface area contributed by atoms with Gasteiger partial charge in [0.25, 0.3) is 0 Å². The second-order valence-corrected chi connectivity index (χ2v) is 8.55. The Bertz CT molecular complexity index is 668. The summed E-state index contributed by atoms with van der Waals surface area (Å²) >= 11 is 0. The van der Waals surface area contributed by atoms with Crippen LogP contribution in [0.4, 0.5) is 14.0 Å². The second kappa shape index (κ2) is 6.78. The van der Waals surface area contributed by atoms with Crippen molar-refractivity contribution in [1.82, 2.24) is 10.2 Å². The standard InChI is InChI=1S/C19H27FN2O4/c1-17(2,3)25-15(23)21-19(13-7-9-14(20)10-8-13)11-22(12-19)16(24)26-18(4,5)6/h7-10H,11-12H2,1-6H3,(H,21,23). The zero-order valence-electron chi connectivity index (χ0n) is 16.2. The molecule has 2 amide bonds. The summed E-state index contributed by atoms with van der Waals surface area (Å²) in [4.78, 5) is 26.0. The van der Waals surface area contributed by atoms with Gasteiger partial charge in [-0.3, -0.25) is 0 Å². The van der Waals surface area contributed by atoms with Crippen molar-refractivity contribution < 1.29 is 23.5 Å². The van der Waals surface area contributed by atoms with E-state index < -0.39 is 28.9 Å². The van der Waals surface area contributed by atoms with Crippen molar-refractivity contribution in [2.24, 2.45) is 0 Å². The van der Waals surface area contributed by atoms with Crippen LogP contribution >= 0.6 is 0 Å². The van der Waals surface area contributed by atoms with Crippen molar-refractivity contribution in [3.63, 3.8) is 0 Å². The molecule has 0 unspecified atom stereocenters. The first-order chi connectivity index (χ1) is 11.8. The fourth-order valence-corrected chi connectivity index (χ4v) is 2.66. The van der Waals surface area contributed by atoms with E-state index >= 15 is 0 Å². The highest BCUT2D eigenvalue weighted by Crippen LogP contribution is 2.33. The molecule has 1 aliphatic heterocycles. The van der Waals surface area contributed by atoms with Gasteiger partial charge >= 0.3 is 12.2 Å². The Morgan fingerprint density at radius 1 is 1.00 bits per heavy atom. The zero-order valence-corrected chi connectivity index (χ0v) is 16.2. The van der Waals surface area contributed by atoms with E-state index in [0.29, 0.717) is 5.56 Å². The molecule has 0 aliphatic carbocycles. The summed E-state index contributed by atoms with van der Waals surface area (Å²) in [7, 11) is 0. The van der Waals surface area contributed by atoms with Gasteiger partial charge in [-0.05, 0) is 59.2 Å². The number of rotatable bonds is 2. The molecular formula is C19H27FN2O4. The van der Waals surface area contributed by atoms with Crippen LogP contribution in [0.5, 0.6) is 0 Å². The molecule has 0 spiro atoms. The third-order valence-corrected chi connectivity index (χ3v) is 3.71. The van der Waals surface area contributed by atoms with Crippen LogP contribution in [0.15, 0.2) is 24.3 Å². The predicted octanol–water partition coefficient (Wildman–Crippen LogP) is 3.80. The number of carbonyl (C=O) groups excluding carboxylic acids is 2. The Balaban J connectivity index is 2.16. The van der Waals surface area contributed by atoms with Gasteiger partial charge in [0.1, 0.15) is 22.6 Å². The molecule has 0 saturated carbocycles. The maximum atomic E-state index is 13.3. The SMILES string of the molecule is CC(C)(C)OC(=O)NC1(c2ccc(F)cc2)CN(C(=O)OC(C)(C)C)C1. The number of halogens is 1. The maximum Gasteiger partial charge on any atom is 0.410 e. The molecule has 1 aromatic carbocycles. The number of hydrogen-bond donors (Lipinski definition) is 1.